The van der Waals surface area contributed by atoms with Crippen LogP contribution in [0, 0.1) is 6.92 Å². The molecule has 2 heteroatoms. The summed E-state index contributed by atoms with van der Waals surface area (Å²) in [4.78, 5) is 2.47. The first kappa shape index (κ1) is 16.2. The lowest BCUT2D eigenvalue weighted by Gasteiger charge is -2.23. The zero-order valence-electron chi connectivity index (χ0n) is 13.1. The van der Waals surface area contributed by atoms with Gasteiger partial charge >= 0.3 is 0 Å². The molecule has 0 spiro atoms. The van der Waals surface area contributed by atoms with Crippen LogP contribution in [0.3, 0.4) is 0 Å². The van der Waals surface area contributed by atoms with E-state index >= 15 is 0 Å². The van der Waals surface area contributed by atoms with Gasteiger partial charge in [0.1, 0.15) is 0 Å². The molecule has 1 rings (SSSR count). The van der Waals surface area contributed by atoms with Crippen LogP contribution in [0.5, 0.6) is 0 Å². The van der Waals surface area contributed by atoms with Gasteiger partial charge in [-0.05, 0) is 51.9 Å². The van der Waals surface area contributed by atoms with Crippen molar-refractivity contribution in [3.8, 4) is 0 Å². The summed E-state index contributed by atoms with van der Waals surface area (Å²) < 4.78 is 0. The maximum absolute atomic E-state index is 3.62. The van der Waals surface area contributed by atoms with Crippen molar-refractivity contribution < 1.29 is 0 Å². The second kappa shape index (κ2) is 9.11. The number of nitrogens with zero attached hydrogens (tertiary/aromatic N) is 1. The summed E-state index contributed by atoms with van der Waals surface area (Å²) in [7, 11) is 0. The van der Waals surface area contributed by atoms with Crippen LogP contribution in [0.4, 0.5) is 0 Å². The highest BCUT2D eigenvalue weighted by Gasteiger charge is 2.05. The second-order valence-electron chi connectivity index (χ2n) is 5.43. The van der Waals surface area contributed by atoms with Gasteiger partial charge in [0.05, 0.1) is 0 Å². The van der Waals surface area contributed by atoms with Crippen LogP contribution in [0.25, 0.3) is 0 Å². The summed E-state index contributed by atoms with van der Waals surface area (Å²) in [6.07, 6.45) is 2.39. The van der Waals surface area contributed by atoms with Gasteiger partial charge in [0, 0.05) is 12.6 Å². The summed E-state index contributed by atoms with van der Waals surface area (Å²) >= 11 is 0. The van der Waals surface area contributed by atoms with E-state index < -0.39 is 0 Å². The minimum absolute atomic E-state index is 0.581. The summed E-state index contributed by atoms with van der Waals surface area (Å²) in [6.45, 7) is 13.4. The van der Waals surface area contributed by atoms with Crippen molar-refractivity contribution in [2.24, 2.45) is 0 Å². The molecule has 1 atom stereocenters. The van der Waals surface area contributed by atoms with E-state index in [1.165, 1.54) is 24.0 Å². The number of nitrogens with one attached hydrogen (secondary N) is 1. The Morgan fingerprint density at radius 3 is 2.32 bits per heavy atom. The third kappa shape index (κ3) is 6.74. The van der Waals surface area contributed by atoms with Gasteiger partial charge in [0.2, 0.25) is 0 Å². The van der Waals surface area contributed by atoms with Gasteiger partial charge in [0.15, 0.2) is 0 Å². The second-order valence-corrected chi connectivity index (χ2v) is 5.43. The molecule has 0 aromatic heterocycles. The normalized spacial score (nSPS) is 12.9. The average molecular weight is 262 g/mol. The van der Waals surface area contributed by atoms with Crippen molar-refractivity contribution in [2.45, 2.75) is 46.6 Å². The van der Waals surface area contributed by atoms with Crippen LogP contribution < -0.4 is 5.32 Å². The van der Waals surface area contributed by atoms with Gasteiger partial charge in [0.25, 0.3) is 0 Å². The van der Waals surface area contributed by atoms with E-state index in [2.05, 4.69) is 62.2 Å². The monoisotopic (exact) mass is 262 g/mol. The molecule has 0 amide bonds. The molecule has 1 N–H and O–H groups in total. The number of rotatable bonds is 9. The van der Waals surface area contributed by atoms with Crippen molar-refractivity contribution >= 4 is 0 Å². The topological polar surface area (TPSA) is 15.3 Å². The largest absolute Gasteiger partial charge is 0.313 e. The molecule has 0 saturated carbocycles. The van der Waals surface area contributed by atoms with E-state index in [-0.39, 0.29) is 0 Å². The first-order valence-corrected chi connectivity index (χ1v) is 7.67. The predicted octanol–water partition coefficient (Wildman–Crippen LogP) is 3.25. The molecule has 19 heavy (non-hydrogen) atoms. The molecule has 0 saturated heterocycles. The molecule has 1 unspecified atom stereocenters. The lowest BCUT2D eigenvalue weighted by atomic mass is 10.1. The average Bonchev–Trinajstić information content (AvgIpc) is 2.43. The molecule has 0 aliphatic heterocycles. The standard InChI is InChI=1S/C17H30N2/c1-5-19(6-2)14-16(4)18-13-7-8-17-11-9-15(3)10-12-17/h9-12,16,18H,5-8,13-14H2,1-4H3. The SMILES string of the molecule is CCN(CC)CC(C)NCCCc1ccc(C)cc1. The van der Waals surface area contributed by atoms with Gasteiger partial charge in [-0.15, -0.1) is 0 Å². The third-order valence-electron chi connectivity index (χ3n) is 3.68. The summed E-state index contributed by atoms with van der Waals surface area (Å²) in [6, 6.07) is 9.47. The molecule has 0 aliphatic carbocycles. The van der Waals surface area contributed by atoms with E-state index in [0.29, 0.717) is 6.04 Å². The molecule has 0 fully saturated rings. The van der Waals surface area contributed by atoms with E-state index in [9.17, 15) is 0 Å². The van der Waals surface area contributed by atoms with Gasteiger partial charge in [-0.1, -0.05) is 43.7 Å². The van der Waals surface area contributed by atoms with Gasteiger partial charge in [-0.3, -0.25) is 0 Å². The van der Waals surface area contributed by atoms with Crippen molar-refractivity contribution in [1.82, 2.24) is 10.2 Å². The smallest absolute Gasteiger partial charge is 0.0166 e. The lowest BCUT2D eigenvalue weighted by Crippen LogP contribution is -2.39. The van der Waals surface area contributed by atoms with Gasteiger partial charge in [-0.25, -0.2) is 0 Å². The molecule has 1 aromatic rings. The maximum Gasteiger partial charge on any atom is 0.0166 e. The molecule has 0 heterocycles. The molecule has 0 radical (unpaired) electrons. The van der Waals surface area contributed by atoms with Gasteiger partial charge in [-0.2, -0.15) is 0 Å². The van der Waals surface area contributed by atoms with E-state index in [0.717, 1.165) is 26.2 Å². The Morgan fingerprint density at radius 1 is 1.11 bits per heavy atom. The Morgan fingerprint density at radius 2 is 1.74 bits per heavy atom. The van der Waals surface area contributed by atoms with E-state index in [1.54, 1.807) is 0 Å². The Labute approximate surface area is 119 Å². The minimum atomic E-state index is 0.581. The first-order chi connectivity index (χ1) is 9.15. The molecule has 2 nitrogen and oxygen atoms in total. The van der Waals surface area contributed by atoms with Crippen LogP contribution in [0.15, 0.2) is 24.3 Å². The molecule has 108 valence electrons. The van der Waals surface area contributed by atoms with Gasteiger partial charge < -0.3 is 10.2 Å². The lowest BCUT2D eigenvalue weighted by molar-refractivity contribution is 0.271. The predicted molar refractivity (Wildman–Crippen MR) is 84.8 cm³/mol. The highest BCUT2D eigenvalue weighted by atomic mass is 15.1. The van der Waals surface area contributed by atoms with Crippen molar-refractivity contribution in [3.63, 3.8) is 0 Å². The van der Waals surface area contributed by atoms with Crippen LogP contribution >= 0.6 is 0 Å². The van der Waals surface area contributed by atoms with Crippen LogP contribution in [-0.4, -0.2) is 37.1 Å². The van der Waals surface area contributed by atoms with Crippen LogP contribution in [-0.2, 0) is 6.42 Å². The Kier molecular flexibility index (Phi) is 7.76. The first-order valence-electron chi connectivity index (χ1n) is 7.67. The van der Waals surface area contributed by atoms with E-state index in [1.807, 2.05) is 0 Å². The van der Waals surface area contributed by atoms with Crippen molar-refractivity contribution in [2.75, 3.05) is 26.2 Å². The summed E-state index contributed by atoms with van der Waals surface area (Å²) in [5.74, 6) is 0. The Balaban J connectivity index is 2.14. The highest BCUT2D eigenvalue weighted by molar-refractivity contribution is 5.21. The quantitative estimate of drug-likeness (QED) is 0.687. The Hall–Kier alpha value is -0.860. The molecule has 0 aliphatic rings. The Bertz CT molecular complexity index is 328. The summed E-state index contributed by atoms with van der Waals surface area (Å²) in [5, 5.41) is 3.62. The molecular weight excluding hydrogens is 232 g/mol. The molecule has 1 aromatic carbocycles. The summed E-state index contributed by atoms with van der Waals surface area (Å²) in [5.41, 5.74) is 2.79. The zero-order valence-corrected chi connectivity index (χ0v) is 13.1. The fourth-order valence-corrected chi connectivity index (χ4v) is 2.33. The van der Waals surface area contributed by atoms with Crippen molar-refractivity contribution in [3.05, 3.63) is 35.4 Å². The number of benzene rings is 1. The number of hydrogen-bond donors (Lipinski definition) is 1. The van der Waals surface area contributed by atoms with Crippen LogP contribution in [0.1, 0.15) is 38.3 Å². The van der Waals surface area contributed by atoms with E-state index in [4.69, 9.17) is 0 Å². The number of hydrogen-bond acceptors (Lipinski definition) is 2. The molecule has 0 bridgehead atoms. The number of aryl methyl sites for hydroxylation is 2. The fourth-order valence-electron chi connectivity index (χ4n) is 2.33. The zero-order chi connectivity index (χ0) is 14.1. The van der Waals surface area contributed by atoms with Crippen molar-refractivity contribution in [1.29, 1.82) is 0 Å². The van der Waals surface area contributed by atoms with Crippen LogP contribution in [0.2, 0.25) is 0 Å². The fraction of sp³-hybridized carbons (Fsp3) is 0.647. The molecular formula is C17H30N2. The highest BCUT2D eigenvalue weighted by Crippen LogP contribution is 2.05. The number of likely N-dealkylation sites (N-methyl/N-ethyl adjacent to an activating group) is 1. The minimum Gasteiger partial charge on any atom is -0.313 e. The maximum atomic E-state index is 3.62. The third-order valence-corrected chi connectivity index (χ3v) is 3.68.